The summed E-state index contributed by atoms with van der Waals surface area (Å²) in [6.45, 7) is 1.48. The molecule has 0 aliphatic carbocycles. The van der Waals surface area contributed by atoms with Crippen molar-refractivity contribution in [2.45, 2.75) is 48.8 Å². The van der Waals surface area contributed by atoms with Gasteiger partial charge in [-0.3, -0.25) is 0 Å². The van der Waals surface area contributed by atoms with Crippen molar-refractivity contribution in [3.05, 3.63) is 42.0 Å². The van der Waals surface area contributed by atoms with Gasteiger partial charge in [-0.25, -0.2) is 0 Å². The summed E-state index contributed by atoms with van der Waals surface area (Å²) in [6.07, 6.45) is -8.37. The second kappa shape index (κ2) is 8.51. The molecule has 0 unspecified atom stereocenters. The molecule has 0 amide bonds. The van der Waals surface area contributed by atoms with E-state index >= 15 is 0 Å². The van der Waals surface area contributed by atoms with Gasteiger partial charge in [0, 0.05) is 6.42 Å². The van der Waals surface area contributed by atoms with Gasteiger partial charge in [-0.1, -0.05) is 36.9 Å². The lowest BCUT2D eigenvalue weighted by Gasteiger charge is -2.39. The summed E-state index contributed by atoms with van der Waals surface area (Å²) in [4.78, 5) is 0. The Labute approximate surface area is 166 Å². The fraction of sp³-hybridized carbons (Fsp3) is 0.529. The first-order valence-corrected chi connectivity index (χ1v) is 8.01. The zero-order valence-corrected chi connectivity index (χ0v) is 15.0. The van der Waals surface area contributed by atoms with Crippen LogP contribution in [-0.4, -0.2) is 42.4 Å². The molecule has 178 valence electrons. The Hall–Kier alpha value is -1.99. The molecule has 1 aromatic carbocycles. The number of hydrogen-bond donors (Lipinski definition) is 0. The maximum absolute atomic E-state index is 13.6. The molecule has 0 N–H and O–H groups in total. The number of alkyl halides is 13. The average molecular weight is 480 g/mol. The minimum absolute atomic E-state index is 0.294. The molecule has 0 aliphatic rings. The van der Waals surface area contributed by atoms with Gasteiger partial charge >= 0.3 is 35.8 Å². The molecule has 0 atom stereocenters. The molecular weight excluding hydrogens is 467 g/mol. The van der Waals surface area contributed by atoms with Gasteiger partial charge in [-0.2, -0.15) is 57.1 Å². The van der Waals surface area contributed by atoms with Crippen LogP contribution in [0.4, 0.5) is 57.1 Å². The summed E-state index contributed by atoms with van der Waals surface area (Å²) in [6, 6.07) is 5.74. The molecule has 1 nitrogen and oxygen atoms in total. The highest BCUT2D eigenvalue weighted by Crippen LogP contribution is 2.60. The Morgan fingerprint density at radius 2 is 1.13 bits per heavy atom. The van der Waals surface area contributed by atoms with Crippen molar-refractivity contribution < 1.29 is 61.8 Å². The first-order chi connectivity index (χ1) is 13.8. The van der Waals surface area contributed by atoms with Crippen molar-refractivity contribution in [3.63, 3.8) is 0 Å². The van der Waals surface area contributed by atoms with Gasteiger partial charge in [0.1, 0.15) is 0 Å². The van der Waals surface area contributed by atoms with Crippen molar-refractivity contribution in [2.24, 2.45) is 0 Å². The van der Waals surface area contributed by atoms with E-state index in [1.165, 1.54) is 30.3 Å². The van der Waals surface area contributed by atoms with Crippen molar-refractivity contribution >= 4 is 6.08 Å². The molecule has 1 aromatic rings. The quantitative estimate of drug-likeness (QED) is 0.260. The molecule has 14 heteroatoms. The van der Waals surface area contributed by atoms with Crippen LogP contribution in [0.15, 0.2) is 30.8 Å². The molecule has 1 rings (SSSR count). The van der Waals surface area contributed by atoms with E-state index in [0.29, 0.717) is 11.1 Å². The Morgan fingerprint density at radius 1 is 0.677 bits per heavy atom. The van der Waals surface area contributed by atoms with Gasteiger partial charge in [0.2, 0.25) is 0 Å². The van der Waals surface area contributed by atoms with Crippen molar-refractivity contribution in [3.8, 4) is 0 Å². The van der Waals surface area contributed by atoms with Gasteiger partial charge in [0.15, 0.2) is 0 Å². The SMILES string of the molecule is C=Cc1ccc(COCCC(F)(F)C(F)(F)C(F)(F)C(F)(F)C(F)(F)C(F)(F)F)cc1. The van der Waals surface area contributed by atoms with E-state index in [1.54, 1.807) is 0 Å². The molecule has 0 aromatic heterocycles. The zero-order chi connectivity index (χ0) is 24.5. The van der Waals surface area contributed by atoms with Crippen LogP contribution >= 0.6 is 0 Å². The van der Waals surface area contributed by atoms with Crippen LogP contribution in [0.25, 0.3) is 6.08 Å². The molecule has 0 radical (unpaired) electrons. The largest absolute Gasteiger partial charge is 0.460 e. The predicted octanol–water partition coefficient (Wildman–Crippen LogP) is 6.98. The maximum Gasteiger partial charge on any atom is 0.460 e. The molecule has 0 aliphatic heterocycles. The van der Waals surface area contributed by atoms with E-state index in [-0.39, 0.29) is 0 Å². The highest BCUT2D eigenvalue weighted by Gasteiger charge is 2.90. The van der Waals surface area contributed by atoms with E-state index in [1.807, 2.05) is 0 Å². The van der Waals surface area contributed by atoms with E-state index in [2.05, 4.69) is 11.3 Å². The third-order valence-electron chi connectivity index (χ3n) is 4.04. The topological polar surface area (TPSA) is 9.23 Å². The number of hydrogen-bond acceptors (Lipinski definition) is 1. The molecule has 0 bridgehead atoms. The normalized spacial score (nSPS) is 14.6. The Bertz CT molecular complexity index is 750. The van der Waals surface area contributed by atoms with E-state index in [9.17, 15) is 57.1 Å². The number of ether oxygens (including phenoxy) is 1. The summed E-state index contributed by atoms with van der Waals surface area (Å²) in [5.41, 5.74) is 0.927. The Kier molecular flexibility index (Phi) is 7.42. The average Bonchev–Trinajstić information content (AvgIpc) is 2.64. The van der Waals surface area contributed by atoms with Crippen LogP contribution in [0.2, 0.25) is 0 Å². The van der Waals surface area contributed by atoms with Crippen molar-refractivity contribution in [2.75, 3.05) is 6.61 Å². The monoisotopic (exact) mass is 480 g/mol. The lowest BCUT2D eigenvalue weighted by atomic mass is 9.93. The minimum atomic E-state index is -7.89. The fourth-order valence-corrected chi connectivity index (χ4v) is 2.10. The van der Waals surface area contributed by atoms with Crippen LogP contribution in [-0.2, 0) is 11.3 Å². The first kappa shape index (κ1) is 27.0. The summed E-state index contributed by atoms with van der Waals surface area (Å²) in [5, 5.41) is 0. The third-order valence-corrected chi connectivity index (χ3v) is 4.04. The number of halogens is 13. The molecule has 31 heavy (non-hydrogen) atoms. The standard InChI is InChI=1S/C17H13F13O/c1-2-10-3-5-11(6-4-10)9-31-8-7-12(18,19)13(20,21)14(22,23)15(24,25)16(26,27)17(28,29)30/h2-6H,1,7-9H2. The van der Waals surface area contributed by atoms with Gasteiger partial charge in [-0.05, 0) is 11.1 Å². The predicted molar refractivity (Wildman–Crippen MR) is 81.6 cm³/mol. The molecule has 0 saturated carbocycles. The van der Waals surface area contributed by atoms with E-state index in [4.69, 9.17) is 0 Å². The highest BCUT2D eigenvalue weighted by atomic mass is 19.4. The van der Waals surface area contributed by atoms with E-state index in [0.717, 1.165) is 0 Å². The lowest BCUT2D eigenvalue weighted by Crippen LogP contribution is -2.70. The zero-order valence-electron chi connectivity index (χ0n) is 15.0. The Morgan fingerprint density at radius 3 is 1.55 bits per heavy atom. The van der Waals surface area contributed by atoms with Gasteiger partial charge < -0.3 is 4.74 Å². The highest BCUT2D eigenvalue weighted by molar-refractivity contribution is 5.47. The summed E-state index contributed by atoms with van der Waals surface area (Å²) >= 11 is 0. The summed E-state index contributed by atoms with van der Waals surface area (Å²) < 4.78 is 173. The molecule has 0 saturated heterocycles. The van der Waals surface area contributed by atoms with Crippen LogP contribution < -0.4 is 0 Å². The smallest absolute Gasteiger partial charge is 0.377 e. The fourth-order valence-electron chi connectivity index (χ4n) is 2.10. The van der Waals surface area contributed by atoms with Gasteiger partial charge in [0.05, 0.1) is 13.2 Å². The van der Waals surface area contributed by atoms with Crippen molar-refractivity contribution in [1.29, 1.82) is 0 Å². The second-order valence-electron chi connectivity index (χ2n) is 6.25. The Balaban J connectivity index is 2.96. The summed E-state index contributed by atoms with van der Waals surface area (Å²) in [7, 11) is 0. The molecule has 0 heterocycles. The lowest BCUT2D eigenvalue weighted by molar-refractivity contribution is -0.440. The maximum atomic E-state index is 13.6. The molecule has 0 spiro atoms. The second-order valence-corrected chi connectivity index (χ2v) is 6.25. The molecule has 0 fully saturated rings. The van der Waals surface area contributed by atoms with Crippen LogP contribution in [0.1, 0.15) is 17.5 Å². The van der Waals surface area contributed by atoms with Gasteiger partial charge in [-0.15, -0.1) is 0 Å². The number of rotatable bonds is 10. The van der Waals surface area contributed by atoms with Crippen LogP contribution in [0.3, 0.4) is 0 Å². The van der Waals surface area contributed by atoms with Crippen molar-refractivity contribution in [1.82, 2.24) is 0 Å². The third kappa shape index (κ3) is 4.77. The van der Waals surface area contributed by atoms with Crippen LogP contribution in [0.5, 0.6) is 0 Å². The summed E-state index contributed by atoms with van der Waals surface area (Å²) in [5.74, 6) is -36.8. The molecular formula is C17H13F13O. The van der Waals surface area contributed by atoms with Gasteiger partial charge in [0.25, 0.3) is 0 Å². The van der Waals surface area contributed by atoms with Crippen LogP contribution in [0, 0.1) is 0 Å². The minimum Gasteiger partial charge on any atom is -0.377 e. The van der Waals surface area contributed by atoms with E-state index < -0.39 is 55.4 Å². The number of benzene rings is 1. The first-order valence-electron chi connectivity index (χ1n) is 8.01.